The fraction of sp³-hybridized carbons (Fsp3) is 0.538. The van der Waals surface area contributed by atoms with Gasteiger partial charge in [-0.1, -0.05) is 44.2 Å². The lowest BCUT2D eigenvalue weighted by molar-refractivity contribution is 0.271. The minimum atomic E-state index is -3.55. The first-order chi connectivity index (χ1) is 8.49. The van der Waals surface area contributed by atoms with Crippen LogP contribution in [0.15, 0.2) is 30.3 Å². The topological polar surface area (TPSA) is 46.6 Å². The van der Waals surface area contributed by atoms with Crippen molar-refractivity contribution in [1.29, 1.82) is 0 Å². The molecule has 0 amide bonds. The van der Waals surface area contributed by atoms with Crippen LogP contribution >= 0.6 is 0 Å². The largest absolute Gasteiger partial charge is 0.339 e. The van der Waals surface area contributed by atoms with Crippen molar-refractivity contribution in [1.82, 2.24) is 4.31 Å². The quantitative estimate of drug-likeness (QED) is 0.841. The summed E-state index contributed by atoms with van der Waals surface area (Å²) in [5, 5.41) is 0. The fourth-order valence-corrected chi connectivity index (χ4v) is 3.48. The first-order valence-corrected chi connectivity index (χ1v) is 7.55. The molecule has 0 spiro atoms. The highest BCUT2D eigenvalue weighted by Gasteiger charge is 2.38. The van der Waals surface area contributed by atoms with Crippen molar-refractivity contribution in [2.75, 3.05) is 6.61 Å². The summed E-state index contributed by atoms with van der Waals surface area (Å²) in [5.41, 5.74) is 0.986. The van der Waals surface area contributed by atoms with Crippen LogP contribution in [0.3, 0.4) is 0 Å². The molecule has 5 heteroatoms. The van der Waals surface area contributed by atoms with Crippen LogP contribution in [0, 0.1) is 5.92 Å². The van der Waals surface area contributed by atoms with Crippen molar-refractivity contribution in [3.63, 3.8) is 0 Å². The van der Waals surface area contributed by atoms with Gasteiger partial charge in [0.2, 0.25) is 0 Å². The predicted octanol–water partition coefficient (Wildman–Crippen LogP) is 2.18. The Morgan fingerprint density at radius 3 is 2.61 bits per heavy atom. The van der Waals surface area contributed by atoms with Gasteiger partial charge < -0.3 is 0 Å². The number of nitrogens with zero attached hydrogens (tertiary/aromatic N) is 1. The summed E-state index contributed by atoms with van der Waals surface area (Å²) < 4.78 is 30.1. The molecule has 1 heterocycles. The second-order valence-corrected chi connectivity index (χ2v) is 6.62. The van der Waals surface area contributed by atoms with Crippen LogP contribution < -0.4 is 0 Å². The Labute approximate surface area is 109 Å². The maximum atomic E-state index is 11.9. The van der Waals surface area contributed by atoms with E-state index in [2.05, 4.69) is 13.8 Å². The summed E-state index contributed by atoms with van der Waals surface area (Å²) in [6.07, 6.45) is 0.825. The summed E-state index contributed by atoms with van der Waals surface area (Å²) in [6.45, 7) is 4.84. The zero-order chi connectivity index (χ0) is 13.2. The molecule has 1 fully saturated rings. The molecule has 1 aromatic carbocycles. The third-order valence-corrected chi connectivity index (χ3v) is 4.46. The minimum Gasteiger partial charge on any atom is -0.256 e. The molecule has 0 unspecified atom stereocenters. The number of hydrogen-bond donors (Lipinski definition) is 0. The molecule has 1 aromatic rings. The van der Waals surface area contributed by atoms with E-state index < -0.39 is 10.3 Å². The van der Waals surface area contributed by atoms with E-state index in [9.17, 15) is 8.42 Å². The molecule has 0 radical (unpaired) electrons. The normalized spacial score (nSPS) is 23.6. The highest BCUT2D eigenvalue weighted by Crippen LogP contribution is 2.25. The molecule has 0 N–H and O–H groups in total. The van der Waals surface area contributed by atoms with Gasteiger partial charge in [-0.25, -0.2) is 0 Å². The Kier molecular flexibility index (Phi) is 4.04. The van der Waals surface area contributed by atoms with Crippen molar-refractivity contribution in [2.24, 2.45) is 5.92 Å². The molecule has 0 saturated carbocycles. The highest BCUT2D eigenvalue weighted by atomic mass is 32.2. The van der Waals surface area contributed by atoms with Gasteiger partial charge in [0.05, 0.1) is 12.6 Å². The molecule has 1 aliphatic heterocycles. The zero-order valence-electron chi connectivity index (χ0n) is 10.7. The van der Waals surface area contributed by atoms with Crippen molar-refractivity contribution >= 4 is 10.3 Å². The standard InChI is InChI=1S/C13H19NO3S/c1-11(2)8-13-10-17-18(15,16)14(13)9-12-6-4-3-5-7-12/h3-7,11,13H,8-10H2,1-2H3/t13-/m0/s1. The SMILES string of the molecule is CC(C)C[C@H]1COS(=O)(=O)N1Cc1ccccc1. The Morgan fingerprint density at radius 1 is 1.33 bits per heavy atom. The van der Waals surface area contributed by atoms with Gasteiger partial charge >= 0.3 is 10.3 Å². The zero-order valence-corrected chi connectivity index (χ0v) is 11.6. The van der Waals surface area contributed by atoms with Crippen molar-refractivity contribution < 1.29 is 12.6 Å². The maximum Gasteiger partial charge on any atom is 0.339 e. The molecule has 0 aromatic heterocycles. The average molecular weight is 269 g/mol. The Bertz CT molecular complexity index is 484. The van der Waals surface area contributed by atoms with Gasteiger partial charge in [0.1, 0.15) is 0 Å². The van der Waals surface area contributed by atoms with Crippen LogP contribution in [0.25, 0.3) is 0 Å². The van der Waals surface area contributed by atoms with Gasteiger partial charge in [0.15, 0.2) is 0 Å². The lowest BCUT2D eigenvalue weighted by atomic mass is 10.0. The summed E-state index contributed by atoms with van der Waals surface area (Å²) in [7, 11) is -3.55. The van der Waals surface area contributed by atoms with E-state index in [-0.39, 0.29) is 12.6 Å². The second kappa shape index (κ2) is 5.38. The summed E-state index contributed by atoms with van der Waals surface area (Å²) in [4.78, 5) is 0. The van der Waals surface area contributed by atoms with Gasteiger partial charge in [-0.05, 0) is 17.9 Å². The number of hydrogen-bond acceptors (Lipinski definition) is 3. The van der Waals surface area contributed by atoms with Crippen LogP contribution in [0.4, 0.5) is 0 Å². The lowest BCUT2D eigenvalue weighted by Crippen LogP contribution is -2.34. The predicted molar refractivity (Wildman–Crippen MR) is 70.1 cm³/mol. The first-order valence-electron chi connectivity index (χ1n) is 6.19. The number of rotatable bonds is 4. The molecular weight excluding hydrogens is 250 g/mol. The van der Waals surface area contributed by atoms with Gasteiger partial charge in [-0.15, -0.1) is 0 Å². The van der Waals surface area contributed by atoms with E-state index >= 15 is 0 Å². The summed E-state index contributed by atoms with van der Waals surface area (Å²) in [5.74, 6) is 0.449. The molecule has 100 valence electrons. The molecule has 0 bridgehead atoms. The van der Waals surface area contributed by atoms with E-state index in [0.717, 1.165) is 12.0 Å². The monoisotopic (exact) mass is 269 g/mol. The molecule has 1 atom stereocenters. The van der Waals surface area contributed by atoms with E-state index in [1.807, 2.05) is 30.3 Å². The average Bonchev–Trinajstić information content (AvgIpc) is 2.57. The Hall–Kier alpha value is -0.910. The fourth-order valence-electron chi connectivity index (χ4n) is 2.20. The van der Waals surface area contributed by atoms with E-state index in [0.29, 0.717) is 12.5 Å². The number of benzene rings is 1. The summed E-state index contributed by atoms with van der Waals surface area (Å²) >= 11 is 0. The molecule has 1 aliphatic rings. The van der Waals surface area contributed by atoms with Crippen molar-refractivity contribution in [3.8, 4) is 0 Å². The Balaban J connectivity index is 2.16. The van der Waals surface area contributed by atoms with Crippen LogP contribution in [-0.2, 0) is 21.0 Å². The molecule has 2 rings (SSSR count). The van der Waals surface area contributed by atoms with Gasteiger partial charge in [0.25, 0.3) is 0 Å². The van der Waals surface area contributed by atoms with E-state index in [4.69, 9.17) is 4.18 Å². The van der Waals surface area contributed by atoms with Crippen LogP contribution in [-0.4, -0.2) is 25.4 Å². The van der Waals surface area contributed by atoms with Gasteiger partial charge in [0, 0.05) is 6.54 Å². The van der Waals surface area contributed by atoms with Crippen molar-refractivity contribution in [3.05, 3.63) is 35.9 Å². The lowest BCUT2D eigenvalue weighted by Gasteiger charge is -2.21. The molecular formula is C13H19NO3S. The highest BCUT2D eigenvalue weighted by molar-refractivity contribution is 7.84. The van der Waals surface area contributed by atoms with Gasteiger partial charge in [-0.3, -0.25) is 4.18 Å². The van der Waals surface area contributed by atoms with Crippen LogP contribution in [0.1, 0.15) is 25.8 Å². The summed E-state index contributed by atoms with van der Waals surface area (Å²) in [6, 6.07) is 9.56. The van der Waals surface area contributed by atoms with E-state index in [1.54, 1.807) is 0 Å². The molecule has 4 nitrogen and oxygen atoms in total. The molecule has 1 saturated heterocycles. The first kappa shape index (κ1) is 13.5. The van der Waals surface area contributed by atoms with Crippen LogP contribution in [0.5, 0.6) is 0 Å². The molecule has 18 heavy (non-hydrogen) atoms. The van der Waals surface area contributed by atoms with Crippen LogP contribution in [0.2, 0.25) is 0 Å². The third kappa shape index (κ3) is 3.10. The second-order valence-electron chi connectivity index (χ2n) is 5.06. The maximum absolute atomic E-state index is 11.9. The van der Waals surface area contributed by atoms with Crippen molar-refractivity contribution in [2.45, 2.75) is 32.9 Å². The molecule has 0 aliphatic carbocycles. The Morgan fingerprint density at radius 2 is 2.00 bits per heavy atom. The minimum absolute atomic E-state index is 0.0461. The van der Waals surface area contributed by atoms with Gasteiger partial charge in [-0.2, -0.15) is 12.7 Å². The smallest absolute Gasteiger partial charge is 0.256 e. The van der Waals surface area contributed by atoms with E-state index in [1.165, 1.54) is 4.31 Å². The third-order valence-electron chi connectivity index (χ3n) is 3.03.